The number of rotatable bonds is 6. The van der Waals surface area contributed by atoms with Crippen molar-refractivity contribution in [3.63, 3.8) is 0 Å². The van der Waals surface area contributed by atoms with Crippen LogP contribution in [0.1, 0.15) is 26.7 Å². The van der Waals surface area contributed by atoms with Crippen LogP contribution >= 0.6 is 0 Å². The Kier molecular flexibility index (Phi) is 13.5. The molecule has 0 saturated heterocycles. The zero-order valence-corrected chi connectivity index (χ0v) is 8.99. The minimum Gasteiger partial charge on any atom is -0.480 e. The van der Waals surface area contributed by atoms with Gasteiger partial charge >= 0.3 is 5.97 Å². The highest BCUT2D eigenvalue weighted by Gasteiger charge is 2.14. The highest BCUT2D eigenvalue weighted by atomic mass is 16.4. The van der Waals surface area contributed by atoms with Crippen molar-refractivity contribution in [3.8, 4) is 0 Å². The maximum absolute atomic E-state index is 10.4. The summed E-state index contributed by atoms with van der Waals surface area (Å²) in [4.78, 5) is 10.4. The molecule has 84 valence electrons. The van der Waals surface area contributed by atoms with E-state index in [0.29, 0.717) is 6.54 Å². The molecular formula is C10H21NO3. The molecule has 4 nitrogen and oxygen atoms in total. The summed E-state index contributed by atoms with van der Waals surface area (Å²) in [5.74, 6) is -0.896. The van der Waals surface area contributed by atoms with Crippen LogP contribution in [0.2, 0.25) is 0 Å². The topological polar surface area (TPSA) is 69.6 Å². The smallest absolute Gasteiger partial charge is 0.320 e. The molecule has 0 spiro atoms. The van der Waals surface area contributed by atoms with E-state index in [0.717, 1.165) is 6.42 Å². The van der Waals surface area contributed by atoms with Gasteiger partial charge in [0.05, 0.1) is 0 Å². The van der Waals surface area contributed by atoms with Crippen LogP contribution in [0.5, 0.6) is 0 Å². The molecule has 0 aromatic rings. The number of hydrogen-bond acceptors (Lipinski definition) is 3. The molecule has 1 atom stereocenters. The van der Waals surface area contributed by atoms with Crippen LogP contribution in [-0.2, 0) is 4.79 Å². The molecule has 0 radical (unpaired) electrons. The van der Waals surface area contributed by atoms with Gasteiger partial charge in [-0.05, 0) is 26.3 Å². The van der Waals surface area contributed by atoms with Gasteiger partial charge in [-0.2, -0.15) is 0 Å². The number of allylic oxidation sites excluding steroid dienone is 1. The SMILES string of the molecule is C=CC.CCCN[C@@H](CCO)C(=O)O. The lowest BCUT2D eigenvalue weighted by Crippen LogP contribution is -2.37. The Bertz CT molecular complexity index is 148. The average molecular weight is 203 g/mol. The Morgan fingerprint density at radius 1 is 1.64 bits per heavy atom. The van der Waals surface area contributed by atoms with Crippen molar-refractivity contribution in [2.45, 2.75) is 32.7 Å². The summed E-state index contributed by atoms with van der Waals surface area (Å²) in [6, 6.07) is -0.597. The van der Waals surface area contributed by atoms with E-state index in [9.17, 15) is 4.79 Å². The van der Waals surface area contributed by atoms with Gasteiger partial charge in [0, 0.05) is 6.61 Å². The molecule has 0 aromatic carbocycles. The van der Waals surface area contributed by atoms with E-state index < -0.39 is 12.0 Å². The van der Waals surface area contributed by atoms with Gasteiger partial charge in [0.25, 0.3) is 0 Å². The summed E-state index contributed by atoms with van der Waals surface area (Å²) in [5, 5.41) is 19.8. The highest BCUT2D eigenvalue weighted by molar-refractivity contribution is 5.73. The predicted octanol–water partition coefficient (Wildman–Crippen LogP) is 1.01. The van der Waals surface area contributed by atoms with Crippen LogP contribution in [0, 0.1) is 0 Å². The molecule has 0 saturated carbocycles. The van der Waals surface area contributed by atoms with Crippen molar-refractivity contribution in [2.75, 3.05) is 13.2 Å². The number of carboxylic acid groups (broad SMARTS) is 1. The Balaban J connectivity index is 0. The normalized spacial score (nSPS) is 11.1. The fourth-order valence-electron chi connectivity index (χ4n) is 0.761. The van der Waals surface area contributed by atoms with E-state index in [1.54, 1.807) is 6.08 Å². The molecule has 0 heterocycles. The summed E-state index contributed by atoms with van der Waals surface area (Å²) in [5.41, 5.74) is 0. The van der Waals surface area contributed by atoms with E-state index in [-0.39, 0.29) is 13.0 Å². The van der Waals surface area contributed by atoms with Gasteiger partial charge in [-0.15, -0.1) is 6.58 Å². The Labute approximate surface area is 85.6 Å². The zero-order valence-electron chi connectivity index (χ0n) is 8.99. The minimum atomic E-state index is -0.896. The molecule has 0 amide bonds. The van der Waals surface area contributed by atoms with E-state index in [1.807, 2.05) is 13.8 Å². The van der Waals surface area contributed by atoms with Gasteiger partial charge < -0.3 is 15.5 Å². The van der Waals surface area contributed by atoms with Crippen LogP contribution in [-0.4, -0.2) is 35.4 Å². The largest absolute Gasteiger partial charge is 0.480 e. The second-order valence-electron chi connectivity index (χ2n) is 2.77. The second kappa shape index (κ2) is 12.1. The number of hydrogen-bond donors (Lipinski definition) is 3. The number of carbonyl (C=O) groups is 1. The van der Waals surface area contributed by atoms with Gasteiger partial charge in [-0.25, -0.2) is 0 Å². The quantitative estimate of drug-likeness (QED) is 0.564. The third kappa shape index (κ3) is 11.1. The minimum absolute atomic E-state index is 0.0896. The van der Waals surface area contributed by atoms with Gasteiger partial charge in [-0.1, -0.05) is 13.0 Å². The van der Waals surface area contributed by atoms with Gasteiger partial charge in [0.2, 0.25) is 0 Å². The van der Waals surface area contributed by atoms with E-state index in [2.05, 4.69) is 11.9 Å². The molecule has 14 heavy (non-hydrogen) atoms. The van der Waals surface area contributed by atoms with Crippen LogP contribution in [0.25, 0.3) is 0 Å². The van der Waals surface area contributed by atoms with Crippen molar-refractivity contribution < 1.29 is 15.0 Å². The lowest BCUT2D eigenvalue weighted by Gasteiger charge is -2.11. The van der Waals surface area contributed by atoms with Crippen molar-refractivity contribution >= 4 is 5.97 Å². The average Bonchev–Trinajstić information content (AvgIpc) is 2.13. The number of nitrogens with one attached hydrogen (secondary N) is 1. The molecule has 0 unspecified atom stereocenters. The monoisotopic (exact) mass is 203 g/mol. The molecule has 0 rings (SSSR count). The molecule has 0 aromatic heterocycles. The summed E-state index contributed by atoms with van der Waals surface area (Å²) >= 11 is 0. The molecule has 0 aliphatic rings. The summed E-state index contributed by atoms with van der Waals surface area (Å²) in [6.07, 6.45) is 2.92. The van der Waals surface area contributed by atoms with Crippen molar-refractivity contribution in [3.05, 3.63) is 12.7 Å². The first-order chi connectivity index (χ1) is 6.63. The molecule has 4 heteroatoms. The van der Waals surface area contributed by atoms with Gasteiger partial charge in [-0.3, -0.25) is 4.79 Å². The van der Waals surface area contributed by atoms with E-state index in [1.165, 1.54) is 0 Å². The number of carboxylic acids is 1. The lowest BCUT2D eigenvalue weighted by atomic mass is 10.2. The zero-order chi connectivity index (χ0) is 11.4. The summed E-state index contributed by atoms with van der Waals surface area (Å²) in [7, 11) is 0. The van der Waals surface area contributed by atoms with Crippen molar-refractivity contribution in [1.29, 1.82) is 0 Å². The van der Waals surface area contributed by atoms with Crippen LogP contribution in [0.4, 0.5) is 0 Å². The van der Waals surface area contributed by atoms with Crippen molar-refractivity contribution in [2.24, 2.45) is 0 Å². The van der Waals surface area contributed by atoms with Gasteiger partial charge in [0.1, 0.15) is 6.04 Å². The highest BCUT2D eigenvalue weighted by Crippen LogP contribution is 1.90. The number of aliphatic carboxylic acids is 1. The first kappa shape index (κ1) is 15.6. The Morgan fingerprint density at radius 2 is 2.14 bits per heavy atom. The van der Waals surface area contributed by atoms with Crippen molar-refractivity contribution in [1.82, 2.24) is 5.32 Å². The van der Waals surface area contributed by atoms with E-state index >= 15 is 0 Å². The molecular weight excluding hydrogens is 182 g/mol. The third-order valence-electron chi connectivity index (χ3n) is 1.36. The molecule has 3 N–H and O–H groups in total. The van der Waals surface area contributed by atoms with E-state index in [4.69, 9.17) is 10.2 Å². The summed E-state index contributed by atoms with van der Waals surface area (Å²) < 4.78 is 0. The predicted molar refractivity (Wildman–Crippen MR) is 57.3 cm³/mol. The lowest BCUT2D eigenvalue weighted by molar-refractivity contribution is -0.139. The first-order valence-electron chi connectivity index (χ1n) is 4.78. The summed E-state index contributed by atoms with van der Waals surface area (Å²) in [6.45, 7) is 7.80. The molecule has 0 aliphatic carbocycles. The van der Waals surface area contributed by atoms with Crippen LogP contribution < -0.4 is 5.32 Å². The van der Waals surface area contributed by atoms with Crippen LogP contribution in [0.15, 0.2) is 12.7 Å². The first-order valence-corrected chi connectivity index (χ1v) is 4.78. The second-order valence-corrected chi connectivity index (χ2v) is 2.77. The van der Waals surface area contributed by atoms with Gasteiger partial charge in [0.15, 0.2) is 0 Å². The van der Waals surface area contributed by atoms with Crippen LogP contribution in [0.3, 0.4) is 0 Å². The molecule has 0 bridgehead atoms. The third-order valence-corrected chi connectivity index (χ3v) is 1.36. The molecule has 0 fully saturated rings. The number of aliphatic hydroxyl groups excluding tert-OH is 1. The fourth-order valence-corrected chi connectivity index (χ4v) is 0.761. The number of aliphatic hydroxyl groups is 1. The Hall–Kier alpha value is -0.870. The Morgan fingerprint density at radius 3 is 2.43 bits per heavy atom. The molecule has 0 aliphatic heterocycles. The maximum Gasteiger partial charge on any atom is 0.320 e. The fraction of sp³-hybridized carbons (Fsp3) is 0.700. The maximum atomic E-state index is 10.4. The standard InChI is InChI=1S/C7H15NO3.C3H6/c1-2-4-8-6(3-5-9)7(10)11;1-3-2/h6,8-9H,2-5H2,1H3,(H,10,11);3H,1H2,2H3/t6-;/m0./s1.